The average Bonchev–Trinajstić information content (AvgIpc) is 3.61. The molecule has 9 nitrogen and oxygen atoms in total. The summed E-state index contributed by atoms with van der Waals surface area (Å²) in [5, 5.41) is 9.87. The Bertz CT molecular complexity index is 1680. The van der Waals surface area contributed by atoms with Crippen LogP contribution in [0.25, 0.3) is 50.0 Å². The van der Waals surface area contributed by atoms with E-state index in [2.05, 4.69) is 53.2 Å². The summed E-state index contributed by atoms with van der Waals surface area (Å²) in [6, 6.07) is 10.4. The number of benzene rings is 1. The summed E-state index contributed by atoms with van der Waals surface area (Å²) in [5.74, 6) is 0.757. The summed E-state index contributed by atoms with van der Waals surface area (Å²) < 4.78 is 7.88. The number of hydrogen-bond acceptors (Lipinski definition) is 6. The van der Waals surface area contributed by atoms with Crippen LogP contribution < -0.4 is 4.74 Å². The lowest BCUT2D eigenvalue weighted by atomic mass is 10.0. The zero-order chi connectivity index (χ0) is 24.6. The van der Waals surface area contributed by atoms with E-state index >= 15 is 0 Å². The lowest BCUT2D eigenvalue weighted by Gasteiger charge is -2.11. The van der Waals surface area contributed by atoms with Crippen molar-refractivity contribution in [1.29, 1.82) is 0 Å². The van der Waals surface area contributed by atoms with Crippen LogP contribution in [0.15, 0.2) is 67.6 Å². The van der Waals surface area contributed by atoms with Gasteiger partial charge in [-0.15, -0.1) is 0 Å². The minimum absolute atomic E-state index is 0.610. The van der Waals surface area contributed by atoms with Gasteiger partial charge < -0.3 is 19.2 Å². The van der Waals surface area contributed by atoms with E-state index in [-0.39, 0.29) is 0 Å². The molecule has 9 heteroatoms. The maximum atomic E-state index is 5.89. The van der Waals surface area contributed by atoms with Crippen molar-refractivity contribution in [2.45, 2.75) is 6.92 Å². The third kappa shape index (κ3) is 4.09. The predicted octanol–water partition coefficient (Wildman–Crippen LogP) is 4.60. The molecule has 180 valence electrons. The van der Waals surface area contributed by atoms with Crippen LogP contribution in [0.5, 0.6) is 5.75 Å². The Morgan fingerprint density at radius 1 is 0.944 bits per heavy atom. The summed E-state index contributed by atoms with van der Waals surface area (Å²) >= 11 is 0. The number of aryl methyl sites for hydroxylation is 1. The van der Waals surface area contributed by atoms with Crippen molar-refractivity contribution in [2.24, 2.45) is 0 Å². The Kier molecular flexibility index (Phi) is 5.46. The molecule has 2 N–H and O–H groups in total. The van der Waals surface area contributed by atoms with Gasteiger partial charge >= 0.3 is 0 Å². The number of imidazole rings is 1. The Hall–Kier alpha value is -4.50. The molecule has 0 spiro atoms. The minimum atomic E-state index is 0.610. The number of aromatic amines is 2. The van der Waals surface area contributed by atoms with Crippen molar-refractivity contribution < 1.29 is 4.74 Å². The molecule has 0 aliphatic carbocycles. The molecule has 0 saturated carbocycles. The van der Waals surface area contributed by atoms with Crippen LogP contribution >= 0.6 is 0 Å². The summed E-state index contributed by atoms with van der Waals surface area (Å²) in [7, 11) is 4.05. The summed E-state index contributed by atoms with van der Waals surface area (Å²) in [5.41, 5.74) is 7.62. The van der Waals surface area contributed by atoms with Gasteiger partial charge in [0, 0.05) is 35.3 Å². The molecule has 0 radical (unpaired) electrons. The maximum Gasteiger partial charge on any atom is 0.138 e. The fraction of sp³-hybridized carbons (Fsp3) is 0.185. The van der Waals surface area contributed by atoms with Crippen LogP contribution in [-0.4, -0.2) is 66.8 Å². The van der Waals surface area contributed by atoms with Crippen LogP contribution in [0.4, 0.5) is 0 Å². The van der Waals surface area contributed by atoms with Crippen molar-refractivity contribution in [2.75, 3.05) is 27.2 Å². The molecular formula is C27H26N8O. The average molecular weight is 479 g/mol. The molecule has 0 amide bonds. The van der Waals surface area contributed by atoms with Crippen molar-refractivity contribution in [1.82, 2.24) is 39.6 Å². The second-order valence-electron chi connectivity index (χ2n) is 9.12. The van der Waals surface area contributed by atoms with E-state index in [9.17, 15) is 0 Å². The minimum Gasteiger partial charge on any atom is -0.491 e. The molecule has 0 fully saturated rings. The first kappa shape index (κ1) is 22.0. The molecule has 6 aromatic rings. The van der Waals surface area contributed by atoms with Crippen LogP contribution in [0.1, 0.15) is 5.69 Å². The van der Waals surface area contributed by atoms with Crippen molar-refractivity contribution >= 4 is 21.8 Å². The number of ether oxygens (including phenoxy) is 1. The highest BCUT2D eigenvalue weighted by Crippen LogP contribution is 2.33. The number of hydrogen-bond donors (Lipinski definition) is 2. The SMILES string of the molecule is Cc1cn(-c2cncc3[nH]c(-c4n[nH]c5ccc(-c6cncc(OCCN(C)C)c6)cc45)cc23)cn1. The smallest absolute Gasteiger partial charge is 0.138 e. The molecule has 0 atom stereocenters. The number of pyridine rings is 2. The van der Waals surface area contributed by atoms with Gasteiger partial charge in [-0.3, -0.25) is 15.1 Å². The number of rotatable bonds is 7. The van der Waals surface area contributed by atoms with Gasteiger partial charge in [-0.1, -0.05) is 6.07 Å². The van der Waals surface area contributed by atoms with Gasteiger partial charge in [0.1, 0.15) is 18.1 Å². The molecule has 5 heterocycles. The van der Waals surface area contributed by atoms with Gasteiger partial charge in [0.05, 0.1) is 53.0 Å². The van der Waals surface area contributed by atoms with Crippen LogP contribution in [0.3, 0.4) is 0 Å². The third-order valence-corrected chi connectivity index (χ3v) is 6.19. The second-order valence-corrected chi connectivity index (χ2v) is 9.12. The standard InChI is InChI=1S/C27H26N8O/c1-17-15-35(16-30-17)26-14-29-13-25-21(26)10-24(31-25)27-22-9-18(4-5-23(22)32-33-27)19-8-20(12-28-11-19)36-7-6-34(2)3/h4-5,8-16,31H,6-7H2,1-3H3,(H,32,33). The molecule has 0 aliphatic heterocycles. The highest BCUT2D eigenvalue weighted by molar-refractivity contribution is 5.99. The van der Waals surface area contributed by atoms with Crippen LogP contribution in [0.2, 0.25) is 0 Å². The van der Waals surface area contributed by atoms with Crippen molar-refractivity contribution in [3.05, 3.63) is 73.3 Å². The van der Waals surface area contributed by atoms with Crippen molar-refractivity contribution in [3.63, 3.8) is 0 Å². The number of likely N-dealkylation sites (N-methyl/N-ethyl adjacent to an activating group) is 1. The quantitative estimate of drug-likeness (QED) is 0.348. The van der Waals surface area contributed by atoms with E-state index < -0.39 is 0 Å². The summed E-state index contributed by atoms with van der Waals surface area (Å²) in [6.07, 6.45) is 11.1. The Morgan fingerprint density at radius 2 is 1.83 bits per heavy atom. The van der Waals surface area contributed by atoms with Crippen LogP contribution in [-0.2, 0) is 0 Å². The van der Waals surface area contributed by atoms with Gasteiger partial charge in [0.2, 0.25) is 0 Å². The van der Waals surface area contributed by atoms with Gasteiger partial charge in [-0.05, 0) is 50.8 Å². The largest absolute Gasteiger partial charge is 0.491 e. The first-order valence-corrected chi connectivity index (χ1v) is 11.7. The van der Waals surface area contributed by atoms with Crippen LogP contribution in [0, 0.1) is 6.92 Å². The topological polar surface area (TPSA) is 101 Å². The van der Waals surface area contributed by atoms with Gasteiger partial charge in [0.25, 0.3) is 0 Å². The van der Waals surface area contributed by atoms with E-state index in [0.717, 1.165) is 68.0 Å². The highest BCUT2D eigenvalue weighted by Gasteiger charge is 2.15. The normalized spacial score (nSPS) is 11.7. The number of H-pyrrole nitrogens is 2. The number of nitrogens with zero attached hydrogens (tertiary/aromatic N) is 6. The molecule has 0 unspecified atom stereocenters. The fourth-order valence-corrected chi connectivity index (χ4v) is 4.32. The molecule has 6 rings (SSSR count). The fourth-order valence-electron chi connectivity index (χ4n) is 4.32. The third-order valence-electron chi connectivity index (χ3n) is 6.19. The molecular weight excluding hydrogens is 452 g/mol. The van der Waals surface area contributed by atoms with Gasteiger partial charge in [0.15, 0.2) is 0 Å². The van der Waals surface area contributed by atoms with E-state index in [0.29, 0.717) is 6.61 Å². The lowest BCUT2D eigenvalue weighted by Crippen LogP contribution is -2.19. The molecule has 0 aliphatic rings. The molecule has 0 saturated heterocycles. The highest BCUT2D eigenvalue weighted by atomic mass is 16.5. The first-order valence-electron chi connectivity index (χ1n) is 11.7. The Labute approximate surface area is 207 Å². The zero-order valence-electron chi connectivity index (χ0n) is 20.4. The molecule has 0 bridgehead atoms. The predicted molar refractivity (Wildman–Crippen MR) is 140 cm³/mol. The number of aromatic nitrogens is 7. The lowest BCUT2D eigenvalue weighted by molar-refractivity contribution is 0.261. The molecule has 36 heavy (non-hydrogen) atoms. The molecule has 5 aromatic heterocycles. The monoisotopic (exact) mass is 478 g/mol. The Balaban J connectivity index is 1.37. The van der Waals surface area contributed by atoms with Gasteiger partial charge in [-0.2, -0.15) is 5.10 Å². The molecule has 1 aromatic carbocycles. The van der Waals surface area contributed by atoms with E-state index in [1.54, 1.807) is 12.5 Å². The van der Waals surface area contributed by atoms with E-state index in [4.69, 9.17) is 4.74 Å². The number of fused-ring (bicyclic) bond motifs is 2. The van der Waals surface area contributed by atoms with E-state index in [1.807, 2.05) is 62.5 Å². The first-order chi connectivity index (χ1) is 17.5. The summed E-state index contributed by atoms with van der Waals surface area (Å²) in [4.78, 5) is 18.8. The second kappa shape index (κ2) is 8.94. The van der Waals surface area contributed by atoms with E-state index in [1.165, 1.54) is 0 Å². The van der Waals surface area contributed by atoms with Crippen molar-refractivity contribution in [3.8, 4) is 34.0 Å². The maximum absolute atomic E-state index is 5.89. The van der Waals surface area contributed by atoms with Gasteiger partial charge in [-0.25, -0.2) is 4.98 Å². The Morgan fingerprint density at radius 3 is 2.67 bits per heavy atom. The zero-order valence-corrected chi connectivity index (χ0v) is 20.4. The number of nitrogens with one attached hydrogen (secondary N) is 2. The summed E-state index contributed by atoms with van der Waals surface area (Å²) in [6.45, 7) is 3.43.